The van der Waals surface area contributed by atoms with E-state index in [1.165, 1.54) is 11.8 Å². The van der Waals surface area contributed by atoms with Crippen molar-refractivity contribution in [1.82, 2.24) is 14.8 Å². The van der Waals surface area contributed by atoms with Gasteiger partial charge in [0.05, 0.1) is 16.5 Å². The smallest absolute Gasteiger partial charge is 0.234 e. The number of benzene rings is 2. The largest absolute Gasteiger partial charge is 0.324 e. The van der Waals surface area contributed by atoms with Crippen LogP contribution in [0.2, 0.25) is 10.0 Å². The van der Waals surface area contributed by atoms with Gasteiger partial charge in [0, 0.05) is 17.1 Å². The van der Waals surface area contributed by atoms with E-state index in [-0.39, 0.29) is 11.7 Å². The standard InChI is InChI=1S/C19H16Cl2N4OS/c1-2-10-25-18(13-6-4-3-5-7-13)23-24-19(25)27-12-17(26)22-16-11-14(20)8-9-15(16)21/h2-9,11H,1,10,12H2,(H,22,26). The Morgan fingerprint density at radius 1 is 1.19 bits per heavy atom. The van der Waals surface area contributed by atoms with Gasteiger partial charge in [0.2, 0.25) is 5.91 Å². The molecule has 1 heterocycles. The molecule has 1 N–H and O–H groups in total. The molecule has 0 aliphatic rings. The molecule has 0 spiro atoms. The Hall–Kier alpha value is -2.28. The van der Waals surface area contributed by atoms with Crippen LogP contribution in [0.15, 0.2) is 66.3 Å². The minimum atomic E-state index is -0.210. The van der Waals surface area contributed by atoms with Crippen LogP contribution >= 0.6 is 35.0 Å². The van der Waals surface area contributed by atoms with Crippen LogP contribution in [0.25, 0.3) is 11.4 Å². The summed E-state index contributed by atoms with van der Waals surface area (Å²) < 4.78 is 1.92. The van der Waals surface area contributed by atoms with E-state index in [0.717, 1.165) is 11.4 Å². The second kappa shape index (κ2) is 9.08. The van der Waals surface area contributed by atoms with E-state index in [0.29, 0.717) is 27.4 Å². The van der Waals surface area contributed by atoms with Crippen molar-refractivity contribution in [3.05, 3.63) is 71.2 Å². The first-order chi connectivity index (χ1) is 13.1. The zero-order chi connectivity index (χ0) is 19.2. The molecule has 0 fully saturated rings. The summed E-state index contributed by atoms with van der Waals surface area (Å²) in [7, 11) is 0. The van der Waals surface area contributed by atoms with E-state index in [2.05, 4.69) is 22.1 Å². The highest BCUT2D eigenvalue weighted by molar-refractivity contribution is 7.99. The van der Waals surface area contributed by atoms with Gasteiger partial charge in [-0.15, -0.1) is 16.8 Å². The molecule has 0 aliphatic carbocycles. The number of carbonyl (C=O) groups excluding carboxylic acids is 1. The highest BCUT2D eigenvalue weighted by Gasteiger charge is 2.15. The van der Waals surface area contributed by atoms with E-state index < -0.39 is 0 Å². The number of aromatic nitrogens is 3. The molecule has 0 unspecified atom stereocenters. The van der Waals surface area contributed by atoms with E-state index in [1.807, 2.05) is 34.9 Å². The lowest BCUT2D eigenvalue weighted by Crippen LogP contribution is -2.15. The molecule has 3 aromatic rings. The number of allylic oxidation sites excluding steroid dienone is 1. The monoisotopic (exact) mass is 418 g/mol. The highest BCUT2D eigenvalue weighted by atomic mass is 35.5. The molecule has 0 saturated carbocycles. The zero-order valence-electron chi connectivity index (χ0n) is 14.2. The second-order valence-corrected chi connectivity index (χ2v) is 7.32. The van der Waals surface area contributed by atoms with Gasteiger partial charge in [0.15, 0.2) is 11.0 Å². The van der Waals surface area contributed by atoms with Crippen molar-refractivity contribution in [2.45, 2.75) is 11.7 Å². The number of hydrogen-bond donors (Lipinski definition) is 1. The maximum Gasteiger partial charge on any atom is 0.234 e. The summed E-state index contributed by atoms with van der Waals surface area (Å²) in [6, 6.07) is 14.7. The summed E-state index contributed by atoms with van der Waals surface area (Å²) in [5.41, 5.74) is 1.43. The van der Waals surface area contributed by atoms with E-state index in [9.17, 15) is 4.79 Å². The molecule has 138 valence electrons. The van der Waals surface area contributed by atoms with E-state index in [4.69, 9.17) is 23.2 Å². The number of amides is 1. The molecule has 0 radical (unpaired) electrons. The number of rotatable bonds is 7. The van der Waals surface area contributed by atoms with Crippen molar-refractivity contribution < 1.29 is 4.79 Å². The number of anilines is 1. The third-order valence-electron chi connectivity index (χ3n) is 3.60. The molecule has 1 amide bonds. The molecule has 0 bridgehead atoms. The molecule has 2 aromatic carbocycles. The Bertz CT molecular complexity index is 960. The molecule has 0 saturated heterocycles. The molecule has 1 aromatic heterocycles. The van der Waals surface area contributed by atoms with Crippen LogP contribution in [0.1, 0.15) is 0 Å². The van der Waals surface area contributed by atoms with Gasteiger partial charge in [0.25, 0.3) is 0 Å². The molecule has 3 rings (SSSR count). The lowest BCUT2D eigenvalue weighted by atomic mass is 10.2. The summed E-state index contributed by atoms with van der Waals surface area (Å²) in [5, 5.41) is 12.8. The van der Waals surface area contributed by atoms with Crippen LogP contribution in [0.3, 0.4) is 0 Å². The molecule has 8 heteroatoms. The average Bonchev–Trinajstić information content (AvgIpc) is 3.07. The summed E-state index contributed by atoms with van der Waals surface area (Å²) in [4.78, 5) is 12.3. The third kappa shape index (κ3) is 4.91. The fourth-order valence-corrected chi connectivity index (χ4v) is 3.48. The maximum atomic E-state index is 12.3. The van der Waals surface area contributed by atoms with Crippen LogP contribution < -0.4 is 5.32 Å². The van der Waals surface area contributed by atoms with Crippen molar-refractivity contribution in [3.8, 4) is 11.4 Å². The molecular weight excluding hydrogens is 403 g/mol. The third-order valence-corrected chi connectivity index (χ3v) is 5.13. The lowest BCUT2D eigenvalue weighted by molar-refractivity contribution is -0.113. The van der Waals surface area contributed by atoms with Crippen molar-refractivity contribution in [1.29, 1.82) is 0 Å². The van der Waals surface area contributed by atoms with Gasteiger partial charge in [0.1, 0.15) is 0 Å². The van der Waals surface area contributed by atoms with Crippen molar-refractivity contribution in [2.24, 2.45) is 0 Å². The predicted molar refractivity (Wildman–Crippen MR) is 111 cm³/mol. The minimum absolute atomic E-state index is 0.160. The molecule has 27 heavy (non-hydrogen) atoms. The quantitative estimate of drug-likeness (QED) is 0.424. The number of carbonyl (C=O) groups is 1. The van der Waals surface area contributed by atoms with E-state index in [1.54, 1.807) is 24.3 Å². The van der Waals surface area contributed by atoms with Crippen LogP contribution in [-0.2, 0) is 11.3 Å². The molecular formula is C19H16Cl2N4OS. The first-order valence-corrected chi connectivity index (χ1v) is 9.80. The van der Waals surface area contributed by atoms with Crippen molar-refractivity contribution in [3.63, 3.8) is 0 Å². The number of thioether (sulfide) groups is 1. The van der Waals surface area contributed by atoms with Gasteiger partial charge < -0.3 is 5.32 Å². The second-order valence-electron chi connectivity index (χ2n) is 5.53. The Labute approximate surface area is 171 Å². The van der Waals surface area contributed by atoms with Crippen molar-refractivity contribution in [2.75, 3.05) is 11.1 Å². The van der Waals surface area contributed by atoms with Crippen LogP contribution in [-0.4, -0.2) is 26.4 Å². The number of halogens is 2. The fraction of sp³-hybridized carbons (Fsp3) is 0.105. The van der Waals surface area contributed by atoms with Gasteiger partial charge in [-0.25, -0.2) is 0 Å². The Morgan fingerprint density at radius 2 is 1.96 bits per heavy atom. The van der Waals surface area contributed by atoms with E-state index >= 15 is 0 Å². The Balaban J connectivity index is 1.72. The summed E-state index contributed by atoms with van der Waals surface area (Å²) in [6.45, 7) is 4.33. The summed E-state index contributed by atoms with van der Waals surface area (Å²) in [5.74, 6) is 0.683. The normalized spacial score (nSPS) is 10.6. The van der Waals surface area contributed by atoms with Gasteiger partial charge in [-0.05, 0) is 18.2 Å². The Morgan fingerprint density at radius 3 is 2.70 bits per heavy atom. The van der Waals surface area contributed by atoms with Gasteiger partial charge in [-0.1, -0.05) is 71.4 Å². The van der Waals surface area contributed by atoms with Crippen LogP contribution in [0.5, 0.6) is 0 Å². The maximum absolute atomic E-state index is 12.3. The first-order valence-electron chi connectivity index (χ1n) is 8.05. The van der Waals surface area contributed by atoms with Crippen LogP contribution in [0, 0.1) is 0 Å². The van der Waals surface area contributed by atoms with Gasteiger partial charge >= 0.3 is 0 Å². The first kappa shape index (κ1) is 19.5. The number of nitrogens with zero attached hydrogens (tertiary/aromatic N) is 3. The average molecular weight is 419 g/mol. The highest BCUT2D eigenvalue weighted by Crippen LogP contribution is 2.27. The number of hydrogen-bond acceptors (Lipinski definition) is 4. The fourth-order valence-electron chi connectivity index (χ4n) is 2.40. The van der Waals surface area contributed by atoms with Gasteiger partial charge in [-0.3, -0.25) is 9.36 Å². The SMILES string of the molecule is C=CCn1c(SCC(=O)Nc2cc(Cl)ccc2Cl)nnc1-c1ccccc1. The van der Waals surface area contributed by atoms with Crippen LogP contribution in [0.4, 0.5) is 5.69 Å². The molecule has 0 aliphatic heterocycles. The lowest BCUT2D eigenvalue weighted by Gasteiger charge is -2.09. The summed E-state index contributed by atoms with van der Waals surface area (Å²) >= 11 is 13.3. The topological polar surface area (TPSA) is 59.8 Å². The minimum Gasteiger partial charge on any atom is -0.324 e. The summed E-state index contributed by atoms with van der Waals surface area (Å²) in [6.07, 6.45) is 1.77. The predicted octanol–water partition coefficient (Wildman–Crippen LogP) is 5.17. The molecule has 5 nitrogen and oxygen atoms in total. The number of nitrogens with one attached hydrogen (secondary N) is 1. The van der Waals surface area contributed by atoms with Crippen molar-refractivity contribution >= 4 is 46.6 Å². The van der Waals surface area contributed by atoms with Gasteiger partial charge in [-0.2, -0.15) is 0 Å². The molecule has 0 atom stereocenters. The zero-order valence-corrected chi connectivity index (χ0v) is 16.6. The Kier molecular flexibility index (Phi) is 6.55.